The molecule has 0 amide bonds. The Morgan fingerprint density at radius 1 is 0.225 bits per heavy atom. The second kappa shape index (κ2) is 137. The normalized spacial score (nSPS) is 9.72. The highest BCUT2D eigenvalue weighted by atomic mass is 14.3. The van der Waals surface area contributed by atoms with Gasteiger partial charge in [-0.05, 0) is 114 Å². The van der Waals surface area contributed by atoms with Gasteiger partial charge in [0.2, 0.25) is 0 Å². The van der Waals surface area contributed by atoms with Crippen LogP contribution in [-0.4, -0.2) is 0 Å². The van der Waals surface area contributed by atoms with Crippen LogP contribution in [0.1, 0.15) is 569 Å². The van der Waals surface area contributed by atoms with E-state index in [0.29, 0.717) is 0 Å². The second-order valence-corrected chi connectivity index (χ2v) is 38.4. The molecule has 0 bridgehead atoms. The fourth-order valence-corrected chi connectivity index (χ4v) is 13.1. The smallest absolute Gasteiger partial charge is 0.0423 e. The van der Waals surface area contributed by atoms with Crippen LogP contribution >= 0.6 is 0 Å². The highest BCUT2D eigenvalue weighted by Crippen LogP contribution is 2.38. The van der Waals surface area contributed by atoms with Crippen LogP contribution in [0.3, 0.4) is 0 Å². The first-order valence-electron chi connectivity index (χ1n) is 59.0. The zero-order valence-corrected chi connectivity index (χ0v) is 99.7. The molecule has 0 saturated heterocycles. The summed E-state index contributed by atoms with van der Waals surface area (Å²) in [6, 6.07) is 84.7. The Morgan fingerprint density at radius 3 is 0.645 bits per heavy atom. The maximum Gasteiger partial charge on any atom is 0.0423 e. The van der Waals surface area contributed by atoms with Crippen molar-refractivity contribution in [2.75, 3.05) is 0 Å². The summed E-state index contributed by atoms with van der Waals surface area (Å²) in [5.74, 6) is 3.49. The van der Waals surface area contributed by atoms with Gasteiger partial charge >= 0.3 is 0 Å². The number of hydrogen-bond acceptors (Lipinski definition) is 0. The van der Waals surface area contributed by atoms with Crippen molar-refractivity contribution < 1.29 is 0 Å². The molecule has 0 fully saturated rings. The second-order valence-electron chi connectivity index (χ2n) is 38.4. The standard InChI is InChI=1S/C20H18.2C10H14.C10H22.C9H12.C9H10.2C9H20.C8H10.C8H18.C7H16.C6H14.2C5H12.2C4H10.C3H8.C2H6/c1-20(17-11-5-2-6-12-17,18-13-7-3-8-14-18)19-15-9-4-10-16-19;1-9(2)8-10-6-4-3-5-7-10;1-2-3-7-10-8-5-4-6-9-10;1-3-5-7-9-10-8-6-4-2;2*1-2-6-9-7-4-3-5-8-9;1-4-7-8-9(5-2)6-3;1-3-5-7-9-8-6-4-2;1-2-8-6-4-3-5-7-8;1-3-5-7-8-6-4-2;1-3-5-7-6-4-2;1-3-5-6-4-2;1-4-5(2)3;1-3-5-4-2;1-4(2)3;1-3-4-2;1-3-2;1-2/h2-16H,1H3;3-7,9H,8H2,1-2H3;4-6,8-9H,2-3,7H2,1H3;3-10H2,1-2H3;3-5,7-8H,2,6H2,1H3;2-8H,1H3;9H,4-8H2,1-3H3;3-9H2,1-2H3;3-7H,2H2,1H3;3-8H2,1-2H3;3-7H2,1-2H3;3-6H2,1-2H3;5H,4H2,1-3H3;3-5H2,1-2H3;4H,1-3H3;3-4H2,1-2H3;3H2,1-2H3;1-2H3/b;;;;;6-2+;;;;;;;;;;;;. The number of benzene rings is 8. The number of unbranched alkanes of at least 4 members (excludes halogenated alkanes) is 30. The first kappa shape index (κ1) is 152. The van der Waals surface area contributed by atoms with Gasteiger partial charge in [-0.1, -0.05) is 759 Å². The minimum Gasteiger partial charge on any atom is -0.0871 e. The van der Waals surface area contributed by atoms with Crippen molar-refractivity contribution in [1.82, 2.24) is 0 Å². The van der Waals surface area contributed by atoms with Gasteiger partial charge < -0.3 is 0 Å². The summed E-state index contributed by atoms with van der Waals surface area (Å²) >= 11 is 0. The van der Waals surface area contributed by atoms with Gasteiger partial charge in [-0.15, -0.1) is 0 Å². The van der Waals surface area contributed by atoms with Crippen LogP contribution in [-0.2, 0) is 31.1 Å². The minimum absolute atomic E-state index is 0.121. The van der Waals surface area contributed by atoms with E-state index in [1.165, 1.54) is 353 Å². The van der Waals surface area contributed by atoms with Crippen LogP contribution in [0.25, 0.3) is 6.08 Å². The molecule has 8 rings (SSSR count). The van der Waals surface area contributed by atoms with Gasteiger partial charge in [0.25, 0.3) is 0 Å². The molecule has 8 aromatic carbocycles. The monoisotopic (exact) mass is 1900 g/mol. The Kier molecular flexibility index (Phi) is 150. The molecule has 0 saturated carbocycles. The third-order valence-electron chi connectivity index (χ3n) is 22.4. The molecule has 0 aliphatic rings. The van der Waals surface area contributed by atoms with E-state index in [2.05, 4.69) is 439 Å². The molecule has 0 radical (unpaired) electrons. The third-order valence-corrected chi connectivity index (χ3v) is 22.4. The number of aryl methyl sites for hydroxylation is 3. The molecule has 0 heterocycles. The zero-order valence-electron chi connectivity index (χ0n) is 99.7. The van der Waals surface area contributed by atoms with Gasteiger partial charge in [0.15, 0.2) is 0 Å². The summed E-state index contributed by atoms with van der Waals surface area (Å²) in [6.45, 7) is 75.0. The SMILES string of the molecule is C/C=C/c1ccccc1.CC.CC(C)C.CC(C)Cc1ccccc1.CC(c1ccccc1)(c1ccccc1)c1ccccc1.CCC.CCC(C)C.CCCC.CCCCC.CCCCC(CC)CC.CCCCCC.CCCCCCC.CCCCCCCC.CCCCCCCCC.CCCCCCCCCC.CCCCc1ccccc1.CCCc1ccccc1.CCc1ccccc1. The highest BCUT2D eigenvalue weighted by molar-refractivity contribution is 5.49. The molecule has 798 valence electrons. The summed E-state index contributed by atoms with van der Waals surface area (Å²) in [5, 5.41) is 0. The first-order valence-corrected chi connectivity index (χ1v) is 59.0. The number of allylic oxidation sites excluding steroid dienone is 1. The lowest BCUT2D eigenvalue weighted by molar-refractivity contribution is 0.438. The van der Waals surface area contributed by atoms with Crippen molar-refractivity contribution in [3.63, 3.8) is 0 Å². The van der Waals surface area contributed by atoms with Gasteiger partial charge in [0, 0.05) is 5.41 Å². The topological polar surface area (TPSA) is 0 Å². The lowest BCUT2D eigenvalue weighted by Gasteiger charge is -2.31. The van der Waals surface area contributed by atoms with E-state index in [1.807, 2.05) is 51.1 Å². The molecule has 0 N–H and O–H groups in total. The average molecular weight is 1910 g/mol. The van der Waals surface area contributed by atoms with E-state index in [-0.39, 0.29) is 5.41 Å². The summed E-state index contributed by atoms with van der Waals surface area (Å²) in [5.41, 5.74) is 10.9. The van der Waals surface area contributed by atoms with Gasteiger partial charge in [0.05, 0.1) is 0 Å². The lowest BCUT2D eigenvalue weighted by Crippen LogP contribution is -2.25. The quantitative estimate of drug-likeness (QED) is 0.0263. The predicted molar refractivity (Wildman–Crippen MR) is 650 cm³/mol. The molecular weight excluding hydrogens is 1660 g/mol. The van der Waals surface area contributed by atoms with Crippen LogP contribution in [0, 0.1) is 23.7 Å². The highest BCUT2D eigenvalue weighted by Gasteiger charge is 2.30. The Bertz CT molecular complexity index is 3080. The Hall–Kier alpha value is -6.50. The molecule has 0 aliphatic heterocycles. The maximum atomic E-state index is 2.30. The maximum absolute atomic E-state index is 2.30. The number of hydrogen-bond donors (Lipinski definition) is 0. The van der Waals surface area contributed by atoms with E-state index in [1.54, 1.807) is 0 Å². The van der Waals surface area contributed by atoms with Gasteiger partial charge in [-0.3, -0.25) is 0 Å². The van der Waals surface area contributed by atoms with E-state index in [0.717, 1.165) is 30.1 Å². The zero-order chi connectivity index (χ0) is 106. The summed E-state index contributed by atoms with van der Waals surface area (Å²) < 4.78 is 0. The molecule has 0 spiro atoms. The molecule has 0 nitrogen and oxygen atoms in total. The van der Waals surface area contributed by atoms with E-state index in [4.69, 9.17) is 0 Å². The van der Waals surface area contributed by atoms with Crippen molar-refractivity contribution in [3.8, 4) is 0 Å². The third kappa shape index (κ3) is 128. The van der Waals surface area contributed by atoms with Crippen molar-refractivity contribution in [1.29, 1.82) is 0 Å². The Balaban J connectivity index is -0.000000160. The van der Waals surface area contributed by atoms with Crippen molar-refractivity contribution >= 4 is 6.08 Å². The molecule has 0 aromatic heterocycles. The molecular formula is C138H246. The minimum atomic E-state index is -0.121. The van der Waals surface area contributed by atoms with Gasteiger partial charge in [-0.25, -0.2) is 0 Å². The van der Waals surface area contributed by atoms with Crippen molar-refractivity contribution in [2.24, 2.45) is 23.7 Å². The van der Waals surface area contributed by atoms with Crippen molar-refractivity contribution in [3.05, 3.63) is 293 Å². The lowest BCUT2D eigenvalue weighted by atomic mass is 9.71. The van der Waals surface area contributed by atoms with Crippen LogP contribution in [0.5, 0.6) is 0 Å². The predicted octanol–water partition coefficient (Wildman–Crippen LogP) is 49.2. The number of rotatable bonds is 46. The van der Waals surface area contributed by atoms with Crippen LogP contribution in [0.4, 0.5) is 0 Å². The first-order chi connectivity index (χ1) is 67.0. The van der Waals surface area contributed by atoms with E-state index < -0.39 is 0 Å². The Morgan fingerprint density at radius 2 is 0.442 bits per heavy atom. The summed E-state index contributed by atoms with van der Waals surface area (Å²) in [7, 11) is 0. The van der Waals surface area contributed by atoms with Crippen LogP contribution in [0.15, 0.2) is 249 Å². The van der Waals surface area contributed by atoms with Gasteiger partial charge in [-0.2, -0.15) is 0 Å². The molecule has 0 unspecified atom stereocenters. The Labute approximate surface area is 872 Å². The molecule has 0 aliphatic carbocycles. The fourth-order valence-electron chi connectivity index (χ4n) is 13.1. The summed E-state index contributed by atoms with van der Waals surface area (Å²) in [4.78, 5) is 0. The molecule has 0 atom stereocenters. The van der Waals surface area contributed by atoms with Crippen LogP contribution in [0.2, 0.25) is 0 Å². The molecule has 138 heavy (non-hydrogen) atoms. The van der Waals surface area contributed by atoms with E-state index in [9.17, 15) is 0 Å². The molecule has 0 heteroatoms. The van der Waals surface area contributed by atoms with Gasteiger partial charge in [0.1, 0.15) is 0 Å². The average Bonchev–Trinajstić information content (AvgIpc) is 0.770. The fraction of sp³-hybridized carbons (Fsp3) is 0.638. The largest absolute Gasteiger partial charge is 0.0871 e. The van der Waals surface area contributed by atoms with Crippen molar-refractivity contribution in [2.45, 2.75) is 555 Å². The summed E-state index contributed by atoms with van der Waals surface area (Å²) in [6.07, 6.45) is 71.4. The molecule has 8 aromatic rings. The van der Waals surface area contributed by atoms with E-state index >= 15 is 0 Å². The van der Waals surface area contributed by atoms with Crippen LogP contribution < -0.4 is 0 Å².